The predicted octanol–water partition coefficient (Wildman–Crippen LogP) is 3.09. The normalized spacial score (nSPS) is 12.0. The minimum Gasteiger partial charge on any atom is -0.468 e. The molecule has 7 heteroatoms. The highest BCUT2D eigenvalue weighted by Crippen LogP contribution is 2.27. The Morgan fingerprint density at radius 2 is 2.04 bits per heavy atom. The van der Waals surface area contributed by atoms with Gasteiger partial charge in [0, 0.05) is 6.07 Å². The van der Waals surface area contributed by atoms with E-state index in [2.05, 4.69) is 10.6 Å². The van der Waals surface area contributed by atoms with Crippen LogP contribution in [0.2, 0.25) is 0 Å². The number of nitro benzene ring substituents is 1. The standard InChI is InChI=1S/C16H19N3O4/c1-10-7-13(14(19(21)22)8-11(10)2)18-16(20)9-17-12(3)15-5-4-6-23-15/h4-8,12,17H,9H2,1-3H3,(H,18,20)/t12-/m1/s1. The SMILES string of the molecule is Cc1cc(NC(=O)CN[C@H](C)c2ccco2)c([N+](=O)[O-])cc1C. The van der Waals surface area contributed by atoms with Gasteiger partial charge in [0.25, 0.3) is 5.69 Å². The van der Waals surface area contributed by atoms with Crippen molar-refractivity contribution in [3.63, 3.8) is 0 Å². The lowest BCUT2D eigenvalue weighted by atomic mass is 10.1. The van der Waals surface area contributed by atoms with Gasteiger partial charge in [-0.25, -0.2) is 0 Å². The Balaban J connectivity index is 2.02. The molecule has 0 saturated heterocycles. The van der Waals surface area contributed by atoms with Crippen molar-refractivity contribution in [3.8, 4) is 0 Å². The molecule has 2 rings (SSSR count). The fourth-order valence-electron chi connectivity index (χ4n) is 2.13. The Kier molecular flexibility index (Phi) is 5.13. The molecule has 0 bridgehead atoms. The van der Waals surface area contributed by atoms with E-state index in [0.29, 0.717) is 0 Å². The second-order valence-electron chi connectivity index (χ2n) is 5.38. The Hall–Kier alpha value is -2.67. The van der Waals surface area contributed by atoms with Crippen molar-refractivity contribution < 1.29 is 14.1 Å². The molecule has 0 unspecified atom stereocenters. The molecule has 0 radical (unpaired) electrons. The average Bonchev–Trinajstić information content (AvgIpc) is 3.02. The lowest BCUT2D eigenvalue weighted by Gasteiger charge is -2.12. The third-order valence-corrected chi connectivity index (χ3v) is 3.62. The van der Waals surface area contributed by atoms with Gasteiger partial charge in [-0.2, -0.15) is 0 Å². The number of hydrogen-bond acceptors (Lipinski definition) is 5. The predicted molar refractivity (Wildman–Crippen MR) is 86.3 cm³/mol. The number of benzene rings is 1. The van der Waals surface area contributed by atoms with Crippen LogP contribution in [-0.2, 0) is 4.79 Å². The van der Waals surface area contributed by atoms with E-state index in [-0.39, 0.29) is 29.9 Å². The summed E-state index contributed by atoms with van der Waals surface area (Å²) in [5.74, 6) is 0.365. The van der Waals surface area contributed by atoms with E-state index in [0.717, 1.165) is 16.9 Å². The van der Waals surface area contributed by atoms with E-state index >= 15 is 0 Å². The molecule has 1 aromatic carbocycles. The summed E-state index contributed by atoms with van der Waals surface area (Å²) in [6.45, 7) is 5.52. The van der Waals surface area contributed by atoms with Gasteiger partial charge in [0.05, 0.1) is 23.8 Å². The van der Waals surface area contributed by atoms with Gasteiger partial charge < -0.3 is 9.73 Å². The molecule has 0 aliphatic rings. The topological polar surface area (TPSA) is 97.4 Å². The van der Waals surface area contributed by atoms with E-state index in [1.165, 1.54) is 6.07 Å². The van der Waals surface area contributed by atoms with Crippen LogP contribution >= 0.6 is 0 Å². The van der Waals surface area contributed by atoms with E-state index in [1.54, 1.807) is 25.3 Å². The number of aryl methyl sites for hydroxylation is 2. The first-order valence-corrected chi connectivity index (χ1v) is 7.20. The number of rotatable bonds is 6. The van der Waals surface area contributed by atoms with E-state index < -0.39 is 4.92 Å². The van der Waals surface area contributed by atoms with Crippen LogP contribution in [0.5, 0.6) is 0 Å². The van der Waals surface area contributed by atoms with Crippen LogP contribution < -0.4 is 10.6 Å². The van der Waals surface area contributed by atoms with Gasteiger partial charge >= 0.3 is 0 Å². The van der Waals surface area contributed by atoms with Crippen molar-refractivity contribution in [1.29, 1.82) is 0 Å². The number of nitro groups is 1. The van der Waals surface area contributed by atoms with Gasteiger partial charge in [-0.1, -0.05) is 0 Å². The molecule has 1 atom stereocenters. The summed E-state index contributed by atoms with van der Waals surface area (Å²) in [7, 11) is 0. The minimum atomic E-state index is -0.499. The monoisotopic (exact) mass is 317 g/mol. The van der Waals surface area contributed by atoms with Crippen molar-refractivity contribution in [1.82, 2.24) is 5.32 Å². The molecule has 1 amide bonds. The van der Waals surface area contributed by atoms with Gasteiger partial charge in [0.15, 0.2) is 0 Å². The lowest BCUT2D eigenvalue weighted by Crippen LogP contribution is -2.30. The summed E-state index contributed by atoms with van der Waals surface area (Å²) in [4.78, 5) is 22.6. The molecular formula is C16H19N3O4. The van der Waals surface area contributed by atoms with Crippen molar-refractivity contribution in [2.24, 2.45) is 0 Å². The zero-order chi connectivity index (χ0) is 17.0. The molecular weight excluding hydrogens is 298 g/mol. The second kappa shape index (κ2) is 7.06. The molecule has 122 valence electrons. The third kappa shape index (κ3) is 4.17. The van der Waals surface area contributed by atoms with E-state index in [9.17, 15) is 14.9 Å². The Labute approximate surface area is 133 Å². The lowest BCUT2D eigenvalue weighted by molar-refractivity contribution is -0.384. The molecule has 0 saturated carbocycles. The highest BCUT2D eigenvalue weighted by Gasteiger charge is 2.18. The quantitative estimate of drug-likeness (QED) is 0.630. The van der Waals surface area contributed by atoms with Crippen molar-refractivity contribution >= 4 is 17.3 Å². The number of furan rings is 1. The molecule has 0 spiro atoms. The first-order chi connectivity index (χ1) is 10.9. The summed E-state index contributed by atoms with van der Waals surface area (Å²) in [5, 5.41) is 16.7. The number of nitrogens with zero attached hydrogens (tertiary/aromatic N) is 1. The van der Waals surface area contributed by atoms with Crippen LogP contribution in [-0.4, -0.2) is 17.4 Å². The van der Waals surface area contributed by atoms with Crippen LogP contribution in [0.1, 0.15) is 29.9 Å². The molecule has 23 heavy (non-hydrogen) atoms. The fourth-order valence-corrected chi connectivity index (χ4v) is 2.13. The number of carbonyl (C=O) groups excluding carboxylic acids is 1. The largest absolute Gasteiger partial charge is 0.468 e. The van der Waals surface area contributed by atoms with Crippen LogP contribution in [0.15, 0.2) is 34.9 Å². The van der Waals surface area contributed by atoms with Gasteiger partial charge in [-0.3, -0.25) is 20.2 Å². The summed E-state index contributed by atoms with van der Waals surface area (Å²) >= 11 is 0. The summed E-state index contributed by atoms with van der Waals surface area (Å²) in [6, 6.07) is 6.52. The van der Waals surface area contributed by atoms with Crippen LogP contribution in [0.4, 0.5) is 11.4 Å². The van der Waals surface area contributed by atoms with Gasteiger partial charge in [0.2, 0.25) is 5.91 Å². The number of carbonyl (C=O) groups is 1. The average molecular weight is 317 g/mol. The molecule has 7 nitrogen and oxygen atoms in total. The molecule has 0 fully saturated rings. The van der Waals surface area contributed by atoms with E-state index in [1.807, 2.05) is 19.9 Å². The van der Waals surface area contributed by atoms with Crippen LogP contribution in [0.25, 0.3) is 0 Å². The summed E-state index contributed by atoms with van der Waals surface area (Å²) < 4.78 is 5.24. The Morgan fingerprint density at radius 3 is 2.65 bits per heavy atom. The minimum absolute atomic E-state index is 0.0198. The molecule has 1 heterocycles. The highest BCUT2D eigenvalue weighted by atomic mass is 16.6. The maximum absolute atomic E-state index is 12.0. The zero-order valence-corrected chi connectivity index (χ0v) is 13.3. The van der Waals surface area contributed by atoms with Gasteiger partial charge in [-0.15, -0.1) is 0 Å². The molecule has 0 aliphatic heterocycles. The van der Waals surface area contributed by atoms with Crippen molar-refractivity contribution in [2.45, 2.75) is 26.8 Å². The molecule has 1 aromatic heterocycles. The maximum Gasteiger partial charge on any atom is 0.293 e. The number of amides is 1. The molecule has 2 N–H and O–H groups in total. The smallest absolute Gasteiger partial charge is 0.293 e. The van der Waals surface area contributed by atoms with Crippen LogP contribution in [0.3, 0.4) is 0 Å². The first-order valence-electron chi connectivity index (χ1n) is 7.20. The van der Waals surface area contributed by atoms with Crippen molar-refractivity contribution in [3.05, 3.63) is 57.5 Å². The fraction of sp³-hybridized carbons (Fsp3) is 0.312. The third-order valence-electron chi connectivity index (χ3n) is 3.62. The van der Waals surface area contributed by atoms with Gasteiger partial charge in [-0.05, 0) is 50.1 Å². The Bertz CT molecular complexity index is 710. The molecule has 2 aromatic rings. The summed E-state index contributed by atoms with van der Waals surface area (Å²) in [6.07, 6.45) is 1.56. The number of hydrogen-bond donors (Lipinski definition) is 2. The maximum atomic E-state index is 12.0. The Morgan fingerprint density at radius 1 is 1.35 bits per heavy atom. The zero-order valence-electron chi connectivity index (χ0n) is 13.3. The first kappa shape index (κ1) is 16.7. The molecule has 0 aliphatic carbocycles. The second-order valence-corrected chi connectivity index (χ2v) is 5.38. The van der Waals surface area contributed by atoms with E-state index in [4.69, 9.17) is 4.42 Å². The van der Waals surface area contributed by atoms with Crippen LogP contribution in [0, 0.1) is 24.0 Å². The number of nitrogens with one attached hydrogen (secondary N) is 2. The summed E-state index contributed by atoms with van der Waals surface area (Å²) in [5.41, 5.74) is 1.78. The van der Waals surface area contributed by atoms with Crippen molar-refractivity contribution in [2.75, 3.05) is 11.9 Å². The van der Waals surface area contributed by atoms with Gasteiger partial charge in [0.1, 0.15) is 11.4 Å². The number of anilines is 1. The highest BCUT2D eigenvalue weighted by molar-refractivity contribution is 5.94.